The minimum atomic E-state index is -0.260. The summed E-state index contributed by atoms with van der Waals surface area (Å²) >= 11 is 0. The molecule has 0 aliphatic heterocycles. The Bertz CT molecular complexity index is 836. The monoisotopic (exact) mass is 285 g/mol. The van der Waals surface area contributed by atoms with Gasteiger partial charge < -0.3 is 0 Å². The first-order valence-corrected chi connectivity index (χ1v) is 6.61. The van der Waals surface area contributed by atoms with Crippen LogP contribution in [-0.4, -0.2) is 34.3 Å². The maximum absolute atomic E-state index is 12.6. The summed E-state index contributed by atoms with van der Waals surface area (Å²) in [7, 11) is 1.80. The first-order valence-electron chi connectivity index (χ1n) is 6.61. The van der Waals surface area contributed by atoms with E-state index in [0.717, 1.165) is 0 Å². The van der Waals surface area contributed by atoms with Crippen molar-refractivity contribution in [3.63, 3.8) is 0 Å². The van der Waals surface area contributed by atoms with Gasteiger partial charge in [-0.15, -0.1) is 0 Å². The molecule has 3 heterocycles. The lowest BCUT2D eigenvalue weighted by atomic mass is 10.0. The Morgan fingerprint density at radius 2 is 1.86 bits per heavy atom. The van der Waals surface area contributed by atoms with Gasteiger partial charge in [0.05, 0.1) is 6.04 Å². The molecule has 3 aromatic rings. The third-order valence-electron chi connectivity index (χ3n) is 3.36. The van der Waals surface area contributed by atoms with E-state index < -0.39 is 0 Å². The van der Waals surface area contributed by atoms with Crippen LogP contribution in [0.2, 0.25) is 0 Å². The lowest BCUT2D eigenvalue weighted by molar-refractivity contribution is 0.391. The van der Waals surface area contributed by atoms with Gasteiger partial charge in [-0.05, 0) is 5.92 Å². The Kier molecular flexibility index (Phi) is 3.20. The second kappa shape index (κ2) is 5.04. The SMILES string of the molecule is CC(C)C(c1ncnn1C)n1cnc2nccnc2c1=O. The predicted molar refractivity (Wildman–Crippen MR) is 75.6 cm³/mol. The van der Waals surface area contributed by atoms with E-state index in [2.05, 4.69) is 25.0 Å². The van der Waals surface area contributed by atoms with Crippen molar-refractivity contribution in [3.8, 4) is 0 Å². The maximum Gasteiger partial charge on any atom is 0.282 e. The number of hydrogen-bond acceptors (Lipinski definition) is 6. The van der Waals surface area contributed by atoms with E-state index in [4.69, 9.17) is 0 Å². The average Bonchev–Trinajstić information content (AvgIpc) is 2.88. The van der Waals surface area contributed by atoms with Crippen LogP contribution >= 0.6 is 0 Å². The number of aromatic nitrogens is 7. The van der Waals surface area contributed by atoms with Crippen molar-refractivity contribution in [1.29, 1.82) is 0 Å². The Hall–Kier alpha value is -2.64. The number of hydrogen-bond donors (Lipinski definition) is 0. The van der Waals surface area contributed by atoms with Crippen LogP contribution < -0.4 is 5.56 Å². The molecule has 0 amide bonds. The summed E-state index contributed by atoms with van der Waals surface area (Å²) in [4.78, 5) is 29.3. The fourth-order valence-corrected chi connectivity index (χ4v) is 2.38. The number of fused-ring (bicyclic) bond motifs is 1. The summed E-state index contributed by atoms with van der Waals surface area (Å²) < 4.78 is 3.21. The van der Waals surface area contributed by atoms with E-state index in [1.807, 2.05) is 13.8 Å². The van der Waals surface area contributed by atoms with Crippen molar-refractivity contribution in [3.05, 3.63) is 41.2 Å². The van der Waals surface area contributed by atoms with Crippen LogP contribution in [0.25, 0.3) is 11.2 Å². The highest BCUT2D eigenvalue weighted by Gasteiger charge is 2.24. The topological polar surface area (TPSA) is 91.4 Å². The molecular weight excluding hydrogens is 270 g/mol. The van der Waals surface area contributed by atoms with Gasteiger partial charge in [-0.1, -0.05) is 13.8 Å². The molecule has 0 aromatic carbocycles. The third kappa shape index (κ3) is 2.18. The maximum atomic E-state index is 12.6. The number of aryl methyl sites for hydroxylation is 1. The summed E-state index contributed by atoms with van der Waals surface area (Å²) in [5.74, 6) is 0.846. The van der Waals surface area contributed by atoms with Crippen LogP contribution in [0.5, 0.6) is 0 Å². The molecule has 0 saturated heterocycles. The lowest BCUT2D eigenvalue weighted by Gasteiger charge is -2.22. The third-order valence-corrected chi connectivity index (χ3v) is 3.36. The van der Waals surface area contributed by atoms with Gasteiger partial charge in [0.25, 0.3) is 5.56 Å². The van der Waals surface area contributed by atoms with Crippen molar-refractivity contribution in [2.75, 3.05) is 0 Å². The fraction of sp³-hybridized carbons (Fsp3) is 0.385. The number of rotatable bonds is 3. The van der Waals surface area contributed by atoms with E-state index in [0.29, 0.717) is 11.5 Å². The summed E-state index contributed by atoms with van der Waals surface area (Å²) in [5, 5.41) is 4.08. The molecule has 3 aromatic heterocycles. The second-order valence-corrected chi connectivity index (χ2v) is 5.12. The molecule has 0 aliphatic carbocycles. The van der Waals surface area contributed by atoms with Crippen LogP contribution in [0.3, 0.4) is 0 Å². The molecule has 0 saturated carbocycles. The molecule has 3 rings (SSSR count). The zero-order valence-electron chi connectivity index (χ0n) is 12.0. The van der Waals surface area contributed by atoms with Gasteiger partial charge in [0, 0.05) is 19.4 Å². The van der Waals surface area contributed by atoms with E-state index in [1.165, 1.54) is 25.0 Å². The highest BCUT2D eigenvalue weighted by Crippen LogP contribution is 2.22. The molecule has 108 valence electrons. The van der Waals surface area contributed by atoms with Gasteiger partial charge in [-0.25, -0.2) is 19.9 Å². The molecular formula is C13H15N7O. The Morgan fingerprint density at radius 3 is 2.52 bits per heavy atom. The van der Waals surface area contributed by atoms with Crippen LogP contribution in [0.4, 0.5) is 0 Å². The van der Waals surface area contributed by atoms with Crippen molar-refractivity contribution >= 4 is 11.2 Å². The summed E-state index contributed by atoms with van der Waals surface area (Å²) in [6.07, 6.45) is 5.98. The quantitative estimate of drug-likeness (QED) is 0.698. The van der Waals surface area contributed by atoms with Crippen LogP contribution in [0.1, 0.15) is 25.7 Å². The van der Waals surface area contributed by atoms with Gasteiger partial charge in [0.1, 0.15) is 18.5 Å². The Balaban J connectivity index is 2.24. The zero-order valence-corrected chi connectivity index (χ0v) is 12.0. The van der Waals surface area contributed by atoms with Gasteiger partial charge in [-0.3, -0.25) is 14.0 Å². The van der Waals surface area contributed by atoms with Crippen LogP contribution in [0.15, 0.2) is 29.8 Å². The molecule has 0 N–H and O–H groups in total. The van der Waals surface area contributed by atoms with Crippen molar-refractivity contribution in [2.45, 2.75) is 19.9 Å². The number of nitrogens with zero attached hydrogens (tertiary/aromatic N) is 7. The van der Waals surface area contributed by atoms with E-state index in [1.54, 1.807) is 16.3 Å². The van der Waals surface area contributed by atoms with Gasteiger partial charge >= 0.3 is 0 Å². The largest absolute Gasteiger partial charge is 0.286 e. The van der Waals surface area contributed by atoms with Gasteiger partial charge in [0.2, 0.25) is 0 Å². The molecule has 0 spiro atoms. The van der Waals surface area contributed by atoms with E-state index >= 15 is 0 Å². The first-order chi connectivity index (χ1) is 10.1. The lowest BCUT2D eigenvalue weighted by Crippen LogP contribution is -2.31. The van der Waals surface area contributed by atoms with Crippen molar-refractivity contribution in [1.82, 2.24) is 34.3 Å². The predicted octanol–water partition coefficient (Wildman–Crippen LogP) is 0.560. The van der Waals surface area contributed by atoms with Crippen LogP contribution in [0, 0.1) is 5.92 Å². The average molecular weight is 285 g/mol. The van der Waals surface area contributed by atoms with E-state index in [-0.39, 0.29) is 23.0 Å². The molecule has 0 bridgehead atoms. The molecule has 1 unspecified atom stereocenters. The molecule has 1 atom stereocenters. The van der Waals surface area contributed by atoms with Crippen LogP contribution in [-0.2, 0) is 7.05 Å². The highest BCUT2D eigenvalue weighted by atomic mass is 16.1. The van der Waals surface area contributed by atoms with E-state index in [9.17, 15) is 4.79 Å². The summed E-state index contributed by atoms with van der Waals surface area (Å²) in [6, 6.07) is -0.260. The normalized spacial score (nSPS) is 13.0. The highest BCUT2D eigenvalue weighted by molar-refractivity contribution is 5.67. The Labute approximate surface area is 120 Å². The molecule has 8 heteroatoms. The minimum Gasteiger partial charge on any atom is -0.286 e. The standard InChI is InChI=1S/C13H15N7O/c1-8(2)10(12-16-6-18-19(12)3)20-7-17-11-9(13(20)21)14-4-5-15-11/h4-8,10H,1-3H3. The van der Waals surface area contributed by atoms with Crippen molar-refractivity contribution in [2.24, 2.45) is 13.0 Å². The summed E-state index contributed by atoms with van der Waals surface area (Å²) in [6.45, 7) is 4.04. The second-order valence-electron chi connectivity index (χ2n) is 5.12. The zero-order chi connectivity index (χ0) is 15.0. The molecule has 0 radical (unpaired) electrons. The first kappa shape index (κ1) is 13.3. The van der Waals surface area contributed by atoms with Gasteiger partial charge in [-0.2, -0.15) is 5.10 Å². The Morgan fingerprint density at radius 1 is 1.10 bits per heavy atom. The molecule has 8 nitrogen and oxygen atoms in total. The summed E-state index contributed by atoms with van der Waals surface area (Å²) in [5.41, 5.74) is 0.377. The molecule has 21 heavy (non-hydrogen) atoms. The molecule has 0 fully saturated rings. The smallest absolute Gasteiger partial charge is 0.282 e. The fourth-order valence-electron chi connectivity index (χ4n) is 2.38. The molecule has 0 aliphatic rings. The van der Waals surface area contributed by atoms with Gasteiger partial charge in [0.15, 0.2) is 11.2 Å². The van der Waals surface area contributed by atoms with Crippen molar-refractivity contribution < 1.29 is 0 Å². The minimum absolute atomic E-state index is 0.140.